The predicted molar refractivity (Wildman–Crippen MR) is 84.2 cm³/mol. The van der Waals surface area contributed by atoms with Crippen molar-refractivity contribution in [3.05, 3.63) is 41.0 Å². The number of hydrogen-bond donors (Lipinski definition) is 2. The molecule has 12 heteroatoms. The van der Waals surface area contributed by atoms with E-state index in [0.717, 1.165) is 6.07 Å². The number of nitrogens with zero attached hydrogens (tertiary/aromatic N) is 2. The summed E-state index contributed by atoms with van der Waals surface area (Å²) in [6, 6.07) is 5.41. The van der Waals surface area contributed by atoms with Crippen LogP contribution in [0.25, 0.3) is 0 Å². The molecule has 0 saturated heterocycles. The summed E-state index contributed by atoms with van der Waals surface area (Å²) in [5.41, 5.74) is 0.218. The van der Waals surface area contributed by atoms with Crippen molar-refractivity contribution in [3.63, 3.8) is 0 Å². The minimum atomic E-state index is -4.25. The molecule has 0 aliphatic rings. The van der Waals surface area contributed by atoms with Crippen molar-refractivity contribution in [2.45, 2.75) is 18.4 Å². The van der Waals surface area contributed by atoms with Crippen LogP contribution < -0.4 is 14.8 Å². The van der Waals surface area contributed by atoms with E-state index in [0.29, 0.717) is 0 Å². The van der Waals surface area contributed by atoms with Gasteiger partial charge >= 0.3 is 12.6 Å². The van der Waals surface area contributed by atoms with Crippen molar-refractivity contribution in [2.24, 2.45) is 0 Å². The first-order valence-corrected chi connectivity index (χ1v) is 8.42. The number of carbonyl (C=O) groups is 1. The summed E-state index contributed by atoms with van der Waals surface area (Å²) >= 11 is 5.78. The number of ether oxygens (including phenoxy) is 1. The van der Waals surface area contributed by atoms with Crippen molar-refractivity contribution in [3.8, 4) is 5.88 Å². The molecule has 1 heterocycles. The van der Waals surface area contributed by atoms with Gasteiger partial charge in [0, 0.05) is 11.8 Å². The van der Waals surface area contributed by atoms with Crippen molar-refractivity contribution >= 4 is 33.6 Å². The second-order valence-electron chi connectivity index (χ2n) is 4.54. The molecule has 2 amide bonds. The molecule has 0 aliphatic heterocycles. The maximum atomic E-state index is 12.2. The first-order valence-electron chi connectivity index (χ1n) is 6.56. The van der Waals surface area contributed by atoms with Gasteiger partial charge in [0.25, 0.3) is 10.0 Å². The number of alkyl halides is 2. The van der Waals surface area contributed by atoms with Gasteiger partial charge in [0.1, 0.15) is 4.90 Å². The summed E-state index contributed by atoms with van der Waals surface area (Å²) < 4.78 is 54.5. The van der Waals surface area contributed by atoms with Crippen LogP contribution in [0.1, 0.15) is 5.69 Å². The van der Waals surface area contributed by atoms with Gasteiger partial charge in [-0.2, -0.15) is 13.8 Å². The van der Waals surface area contributed by atoms with Crippen LogP contribution in [0.15, 0.2) is 35.2 Å². The monoisotopic (exact) mass is 392 g/mol. The predicted octanol–water partition coefficient (Wildman–Crippen LogP) is 2.55. The van der Waals surface area contributed by atoms with Gasteiger partial charge in [-0.15, -0.1) is 0 Å². The van der Waals surface area contributed by atoms with Crippen LogP contribution in [0.3, 0.4) is 0 Å². The number of aryl methyl sites for hydroxylation is 1. The molecule has 2 aromatic rings. The highest BCUT2D eigenvalue weighted by Gasteiger charge is 2.21. The van der Waals surface area contributed by atoms with Crippen LogP contribution in [0.2, 0.25) is 5.02 Å². The Hall–Kier alpha value is -2.53. The number of urea groups is 1. The molecule has 0 saturated carbocycles. The molecule has 0 fully saturated rings. The lowest BCUT2D eigenvalue weighted by Crippen LogP contribution is -2.35. The molecule has 8 nitrogen and oxygen atoms in total. The summed E-state index contributed by atoms with van der Waals surface area (Å²) in [6.45, 7) is -1.67. The Morgan fingerprint density at radius 1 is 1.28 bits per heavy atom. The number of rotatable bonds is 5. The van der Waals surface area contributed by atoms with Crippen LogP contribution in [-0.2, 0) is 10.0 Å². The summed E-state index contributed by atoms with van der Waals surface area (Å²) in [4.78, 5) is 18.8. The minimum absolute atomic E-state index is 0.0813. The van der Waals surface area contributed by atoms with Gasteiger partial charge in [0.05, 0.1) is 5.02 Å². The number of carbonyl (C=O) groups excluding carboxylic acids is 1. The van der Waals surface area contributed by atoms with E-state index in [1.807, 2.05) is 5.32 Å². The largest absolute Gasteiger partial charge is 0.417 e. The van der Waals surface area contributed by atoms with E-state index >= 15 is 0 Å². The van der Waals surface area contributed by atoms with Gasteiger partial charge in [0.15, 0.2) is 0 Å². The second kappa shape index (κ2) is 7.57. The third-order valence-corrected chi connectivity index (χ3v) is 4.45. The average Bonchev–Trinajstić information content (AvgIpc) is 2.45. The number of halogens is 3. The van der Waals surface area contributed by atoms with E-state index in [1.165, 1.54) is 31.2 Å². The third-order valence-electron chi connectivity index (χ3n) is 2.62. The highest BCUT2D eigenvalue weighted by Crippen LogP contribution is 2.20. The molecule has 25 heavy (non-hydrogen) atoms. The van der Waals surface area contributed by atoms with Crippen LogP contribution in [0, 0.1) is 6.92 Å². The van der Waals surface area contributed by atoms with Crippen molar-refractivity contribution in [2.75, 3.05) is 5.32 Å². The van der Waals surface area contributed by atoms with Gasteiger partial charge in [-0.1, -0.05) is 23.7 Å². The normalized spacial score (nSPS) is 11.2. The SMILES string of the molecule is Cc1cc(OC(F)F)nc(NC(=O)NS(=O)(=O)c2ccccc2Cl)n1. The number of anilines is 1. The second-order valence-corrected chi connectivity index (χ2v) is 6.60. The average molecular weight is 393 g/mol. The van der Waals surface area contributed by atoms with E-state index in [1.54, 1.807) is 4.72 Å². The molecule has 0 unspecified atom stereocenters. The number of aromatic nitrogens is 2. The highest BCUT2D eigenvalue weighted by atomic mass is 35.5. The lowest BCUT2D eigenvalue weighted by Gasteiger charge is -2.10. The van der Waals surface area contributed by atoms with E-state index in [9.17, 15) is 22.0 Å². The molecule has 2 rings (SSSR count). The Bertz CT molecular complexity index is 895. The fraction of sp³-hybridized carbons (Fsp3) is 0.154. The standard InChI is InChI=1S/C13H11ClF2N4O4S/c1-7-6-10(24-11(15)16)18-12(17-7)19-13(21)20-25(22,23)9-5-3-2-4-8(9)14/h2-6,11H,1H3,(H2,17,18,19,20,21). The Labute approximate surface area is 146 Å². The van der Waals surface area contributed by atoms with Crippen LogP contribution >= 0.6 is 11.6 Å². The summed E-state index contributed by atoms with van der Waals surface area (Å²) in [5, 5.41) is 1.94. The summed E-state index contributed by atoms with van der Waals surface area (Å²) in [7, 11) is -4.25. The first-order chi connectivity index (χ1) is 11.7. The Morgan fingerprint density at radius 2 is 1.96 bits per heavy atom. The molecule has 0 bridgehead atoms. The number of hydrogen-bond acceptors (Lipinski definition) is 6. The van der Waals surface area contributed by atoms with Crippen molar-refractivity contribution in [1.29, 1.82) is 0 Å². The fourth-order valence-corrected chi connectivity index (χ4v) is 3.14. The fourth-order valence-electron chi connectivity index (χ4n) is 1.71. The number of benzene rings is 1. The molecule has 0 atom stereocenters. The smallest absolute Gasteiger partial charge is 0.388 e. The Balaban J connectivity index is 2.15. The van der Waals surface area contributed by atoms with Gasteiger partial charge in [-0.05, 0) is 19.1 Å². The van der Waals surface area contributed by atoms with Crippen molar-refractivity contribution in [1.82, 2.24) is 14.7 Å². The maximum absolute atomic E-state index is 12.2. The van der Waals surface area contributed by atoms with Gasteiger partial charge in [-0.3, -0.25) is 5.32 Å². The maximum Gasteiger partial charge on any atom is 0.388 e. The number of amides is 2. The van der Waals surface area contributed by atoms with E-state index in [-0.39, 0.29) is 15.6 Å². The first kappa shape index (κ1) is 18.8. The summed E-state index contributed by atoms with van der Waals surface area (Å²) in [5.74, 6) is -0.894. The Morgan fingerprint density at radius 3 is 2.60 bits per heavy atom. The molecule has 0 aliphatic carbocycles. The molecular weight excluding hydrogens is 382 g/mol. The third kappa shape index (κ3) is 5.22. The van der Waals surface area contributed by atoms with Crippen LogP contribution in [0.5, 0.6) is 5.88 Å². The molecule has 0 radical (unpaired) electrons. The molecule has 0 spiro atoms. The summed E-state index contributed by atoms with van der Waals surface area (Å²) in [6.07, 6.45) is 0. The highest BCUT2D eigenvalue weighted by molar-refractivity contribution is 7.90. The Kier molecular flexibility index (Phi) is 5.69. The van der Waals surface area contributed by atoms with E-state index < -0.39 is 34.5 Å². The molecule has 1 aromatic carbocycles. The molecule has 1 aromatic heterocycles. The van der Waals surface area contributed by atoms with E-state index in [2.05, 4.69) is 14.7 Å². The topological polar surface area (TPSA) is 110 Å². The minimum Gasteiger partial charge on any atom is -0.417 e. The van der Waals surface area contributed by atoms with Gasteiger partial charge in [-0.25, -0.2) is 22.9 Å². The van der Waals surface area contributed by atoms with Crippen LogP contribution in [-0.4, -0.2) is 31.0 Å². The van der Waals surface area contributed by atoms with Gasteiger partial charge in [0.2, 0.25) is 11.8 Å². The molecule has 2 N–H and O–H groups in total. The van der Waals surface area contributed by atoms with Gasteiger partial charge < -0.3 is 4.74 Å². The number of nitrogens with one attached hydrogen (secondary N) is 2. The molecule has 134 valence electrons. The zero-order valence-electron chi connectivity index (χ0n) is 12.5. The van der Waals surface area contributed by atoms with Crippen molar-refractivity contribution < 1.29 is 26.7 Å². The molecular formula is C13H11ClF2N4O4S. The lowest BCUT2D eigenvalue weighted by atomic mass is 10.4. The van der Waals surface area contributed by atoms with E-state index in [4.69, 9.17) is 11.6 Å². The quantitative estimate of drug-likeness (QED) is 0.809. The zero-order valence-corrected chi connectivity index (χ0v) is 14.1. The van der Waals surface area contributed by atoms with Crippen LogP contribution in [0.4, 0.5) is 19.5 Å². The number of sulfonamides is 1. The zero-order chi connectivity index (χ0) is 18.6. The lowest BCUT2D eigenvalue weighted by molar-refractivity contribution is -0.0528.